The number of hydrogen-bond donors (Lipinski definition) is 0. The molecule has 1 nitrogen and oxygen atoms in total. The molecule has 50 valence electrons. The topological polar surface area (TPSA) is 12.4 Å². The fraction of sp³-hybridized carbons (Fsp3) is 0.857. The Kier molecular flexibility index (Phi) is 1.50. The van der Waals surface area contributed by atoms with Gasteiger partial charge >= 0.3 is 0 Å². The Labute approximate surface area is 59.9 Å². The summed E-state index contributed by atoms with van der Waals surface area (Å²) >= 11 is 1.93. The van der Waals surface area contributed by atoms with Gasteiger partial charge < -0.3 is 0 Å². The van der Waals surface area contributed by atoms with Gasteiger partial charge in [0.1, 0.15) is 0 Å². The molecule has 2 heteroatoms. The molecule has 0 bridgehead atoms. The van der Waals surface area contributed by atoms with Gasteiger partial charge in [0, 0.05) is 5.25 Å². The molecule has 2 rings (SSSR count). The van der Waals surface area contributed by atoms with E-state index in [1.54, 1.807) is 0 Å². The molecule has 2 aliphatic rings. The van der Waals surface area contributed by atoms with Crippen LogP contribution in [0.15, 0.2) is 4.99 Å². The van der Waals surface area contributed by atoms with Crippen LogP contribution in [0.1, 0.15) is 25.7 Å². The van der Waals surface area contributed by atoms with Gasteiger partial charge in [-0.3, -0.25) is 4.99 Å². The standard InChI is InChI=1S/C7H11NS/c1-2-4-7-6(3-1)8-5-9-7/h5-7H,1-4H2/t6-,7+/m0/s1. The van der Waals surface area contributed by atoms with Crippen molar-refractivity contribution in [3.05, 3.63) is 0 Å². The van der Waals surface area contributed by atoms with E-state index in [1.165, 1.54) is 25.7 Å². The number of rotatable bonds is 0. The average Bonchev–Trinajstić information content (AvgIpc) is 2.33. The van der Waals surface area contributed by atoms with Gasteiger partial charge in [-0.15, -0.1) is 11.8 Å². The summed E-state index contributed by atoms with van der Waals surface area (Å²) in [6.45, 7) is 0. The molecule has 9 heavy (non-hydrogen) atoms. The van der Waals surface area contributed by atoms with Crippen molar-refractivity contribution in [1.82, 2.24) is 0 Å². The summed E-state index contributed by atoms with van der Waals surface area (Å²) in [7, 11) is 0. The summed E-state index contributed by atoms with van der Waals surface area (Å²) in [5.74, 6) is 0. The van der Waals surface area contributed by atoms with E-state index in [4.69, 9.17) is 0 Å². The van der Waals surface area contributed by atoms with E-state index in [0.717, 1.165) is 5.25 Å². The molecule has 0 radical (unpaired) electrons. The first-order valence-corrected chi connectivity index (χ1v) is 4.58. The number of thioether (sulfide) groups is 1. The molecule has 2 atom stereocenters. The van der Waals surface area contributed by atoms with Crippen molar-refractivity contribution in [3.8, 4) is 0 Å². The largest absolute Gasteiger partial charge is 0.282 e. The minimum absolute atomic E-state index is 0.698. The predicted octanol–water partition coefficient (Wildman–Crippen LogP) is 2.07. The lowest BCUT2D eigenvalue weighted by atomic mass is 9.96. The van der Waals surface area contributed by atoms with Crippen LogP contribution in [-0.2, 0) is 0 Å². The lowest BCUT2D eigenvalue weighted by molar-refractivity contribution is 0.462. The Morgan fingerprint density at radius 2 is 2.22 bits per heavy atom. The van der Waals surface area contributed by atoms with E-state index in [0.29, 0.717) is 6.04 Å². The second-order valence-electron chi connectivity index (χ2n) is 2.78. The first-order valence-electron chi connectivity index (χ1n) is 3.64. The van der Waals surface area contributed by atoms with Crippen LogP contribution in [0.5, 0.6) is 0 Å². The summed E-state index contributed by atoms with van der Waals surface area (Å²) < 4.78 is 0. The molecule has 0 unspecified atom stereocenters. The van der Waals surface area contributed by atoms with Gasteiger partial charge in [-0.1, -0.05) is 12.8 Å². The maximum Gasteiger partial charge on any atom is 0.0628 e. The van der Waals surface area contributed by atoms with Crippen LogP contribution in [0.2, 0.25) is 0 Å². The van der Waals surface area contributed by atoms with Crippen LogP contribution < -0.4 is 0 Å². The third-order valence-corrected chi connectivity index (χ3v) is 3.30. The molecule has 1 aliphatic heterocycles. The predicted molar refractivity (Wildman–Crippen MR) is 42.1 cm³/mol. The van der Waals surface area contributed by atoms with Gasteiger partial charge in [-0.25, -0.2) is 0 Å². The second-order valence-corrected chi connectivity index (χ2v) is 3.87. The highest BCUT2D eigenvalue weighted by atomic mass is 32.2. The van der Waals surface area contributed by atoms with Crippen LogP contribution in [0.4, 0.5) is 0 Å². The van der Waals surface area contributed by atoms with Gasteiger partial charge in [-0.05, 0) is 12.8 Å². The minimum Gasteiger partial charge on any atom is -0.282 e. The third-order valence-electron chi connectivity index (χ3n) is 2.16. The van der Waals surface area contributed by atoms with Crippen molar-refractivity contribution in [1.29, 1.82) is 0 Å². The zero-order valence-corrected chi connectivity index (χ0v) is 6.23. The van der Waals surface area contributed by atoms with Gasteiger partial charge in [0.25, 0.3) is 0 Å². The fourth-order valence-electron chi connectivity index (χ4n) is 1.60. The summed E-state index contributed by atoms with van der Waals surface area (Å²) in [6, 6.07) is 0.698. The normalized spacial score (nSPS) is 40.9. The molecule has 0 amide bonds. The van der Waals surface area contributed by atoms with Crippen LogP contribution in [0, 0.1) is 0 Å². The Bertz CT molecular complexity index is 133. The van der Waals surface area contributed by atoms with E-state index in [1.807, 2.05) is 17.3 Å². The Balaban J connectivity index is 2.03. The number of nitrogens with zero attached hydrogens (tertiary/aromatic N) is 1. The molecule has 1 fully saturated rings. The SMILES string of the molecule is C1=N[C@H]2CCCC[C@H]2S1. The van der Waals surface area contributed by atoms with Crippen LogP contribution in [0.25, 0.3) is 0 Å². The molecule has 0 aromatic rings. The highest BCUT2D eigenvalue weighted by Crippen LogP contribution is 2.33. The molecular weight excluding hydrogens is 130 g/mol. The van der Waals surface area contributed by atoms with Crippen molar-refractivity contribution in [2.45, 2.75) is 37.0 Å². The zero-order chi connectivity index (χ0) is 6.10. The monoisotopic (exact) mass is 141 g/mol. The second kappa shape index (κ2) is 2.33. The Morgan fingerprint density at radius 3 is 3.11 bits per heavy atom. The number of aliphatic imine (C=N–C) groups is 1. The van der Waals surface area contributed by atoms with Crippen LogP contribution in [-0.4, -0.2) is 16.8 Å². The zero-order valence-electron chi connectivity index (χ0n) is 5.42. The highest BCUT2D eigenvalue weighted by molar-refractivity contribution is 8.12. The third kappa shape index (κ3) is 1.00. The van der Waals surface area contributed by atoms with Crippen LogP contribution in [0.3, 0.4) is 0 Å². The summed E-state index contributed by atoms with van der Waals surface area (Å²) in [5, 5.41) is 0.860. The smallest absolute Gasteiger partial charge is 0.0628 e. The van der Waals surface area contributed by atoms with Crippen molar-refractivity contribution in [3.63, 3.8) is 0 Å². The molecule has 1 heterocycles. The summed E-state index contributed by atoms with van der Waals surface area (Å²) in [4.78, 5) is 4.40. The Morgan fingerprint density at radius 1 is 1.33 bits per heavy atom. The van der Waals surface area contributed by atoms with Crippen molar-refractivity contribution in [2.24, 2.45) is 4.99 Å². The lowest BCUT2D eigenvalue weighted by Crippen LogP contribution is -2.21. The van der Waals surface area contributed by atoms with E-state index < -0.39 is 0 Å². The summed E-state index contributed by atoms with van der Waals surface area (Å²) in [6.07, 6.45) is 5.57. The maximum atomic E-state index is 4.40. The molecular formula is C7H11NS. The first kappa shape index (κ1) is 5.78. The number of hydrogen-bond acceptors (Lipinski definition) is 2. The molecule has 0 spiro atoms. The van der Waals surface area contributed by atoms with Crippen LogP contribution >= 0.6 is 11.8 Å². The van der Waals surface area contributed by atoms with Gasteiger partial charge in [0.2, 0.25) is 0 Å². The molecule has 0 N–H and O–H groups in total. The highest BCUT2D eigenvalue weighted by Gasteiger charge is 2.27. The molecule has 0 aromatic carbocycles. The van der Waals surface area contributed by atoms with Gasteiger partial charge in [-0.2, -0.15) is 0 Å². The first-order chi connectivity index (χ1) is 4.47. The van der Waals surface area contributed by atoms with Crippen molar-refractivity contribution < 1.29 is 0 Å². The van der Waals surface area contributed by atoms with E-state index in [2.05, 4.69) is 4.99 Å². The lowest BCUT2D eigenvalue weighted by Gasteiger charge is -2.21. The maximum absolute atomic E-state index is 4.40. The fourth-order valence-corrected chi connectivity index (χ4v) is 2.67. The quantitative estimate of drug-likeness (QED) is 0.503. The van der Waals surface area contributed by atoms with E-state index in [-0.39, 0.29) is 0 Å². The minimum atomic E-state index is 0.698. The number of fused-ring (bicyclic) bond motifs is 1. The molecule has 1 aliphatic carbocycles. The average molecular weight is 141 g/mol. The van der Waals surface area contributed by atoms with E-state index in [9.17, 15) is 0 Å². The van der Waals surface area contributed by atoms with Crippen molar-refractivity contribution >= 4 is 17.3 Å². The van der Waals surface area contributed by atoms with Crippen molar-refractivity contribution in [2.75, 3.05) is 0 Å². The van der Waals surface area contributed by atoms with E-state index >= 15 is 0 Å². The molecule has 0 aromatic heterocycles. The van der Waals surface area contributed by atoms with Gasteiger partial charge in [0.05, 0.1) is 11.6 Å². The summed E-state index contributed by atoms with van der Waals surface area (Å²) in [5.41, 5.74) is 2.04. The van der Waals surface area contributed by atoms with Gasteiger partial charge in [0.15, 0.2) is 0 Å². The Hall–Kier alpha value is 0.0200. The molecule has 1 saturated carbocycles. The molecule has 0 saturated heterocycles.